The highest BCUT2D eigenvalue weighted by molar-refractivity contribution is 5.31. The molecule has 2 atom stereocenters. The second-order valence-corrected chi connectivity index (χ2v) is 4.54. The van der Waals surface area contributed by atoms with Gasteiger partial charge in [0, 0.05) is 6.04 Å². The summed E-state index contributed by atoms with van der Waals surface area (Å²) in [5.41, 5.74) is 0.818. The van der Waals surface area contributed by atoms with E-state index in [2.05, 4.69) is 23.9 Å². The topological polar surface area (TPSA) is 21.3 Å². The maximum atomic E-state index is 12.2. The zero-order valence-corrected chi connectivity index (χ0v) is 11.4. The van der Waals surface area contributed by atoms with E-state index in [-0.39, 0.29) is 11.8 Å². The van der Waals surface area contributed by atoms with Crippen LogP contribution in [0.1, 0.15) is 38.8 Å². The zero-order valence-electron chi connectivity index (χ0n) is 11.4. The molecule has 1 aromatic carbocycles. The molecule has 2 nitrogen and oxygen atoms in total. The number of halogens is 3. The van der Waals surface area contributed by atoms with Crippen molar-refractivity contribution in [1.82, 2.24) is 5.32 Å². The summed E-state index contributed by atoms with van der Waals surface area (Å²) in [5, 5.41) is 3.30. The summed E-state index contributed by atoms with van der Waals surface area (Å²) in [4.78, 5) is 0. The predicted octanol–water partition coefficient (Wildman–Crippen LogP) is 4.28. The van der Waals surface area contributed by atoms with E-state index in [1.807, 2.05) is 13.0 Å². The second kappa shape index (κ2) is 6.80. The Balaban J connectivity index is 2.94. The van der Waals surface area contributed by atoms with E-state index in [0.717, 1.165) is 18.5 Å². The summed E-state index contributed by atoms with van der Waals surface area (Å²) in [6.45, 7) is 6.88. The molecular weight excluding hydrogens is 255 g/mol. The molecule has 0 saturated carbocycles. The molecule has 0 fully saturated rings. The largest absolute Gasteiger partial charge is 0.573 e. The molecule has 0 bridgehead atoms. The van der Waals surface area contributed by atoms with Crippen molar-refractivity contribution in [2.45, 2.75) is 39.6 Å². The molecule has 0 saturated heterocycles. The maximum absolute atomic E-state index is 12.2. The van der Waals surface area contributed by atoms with Gasteiger partial charge in [-0.2, -0.15) is 0 Å². The normalized spacial score (nSPS) is 15.1. The Labute approximate surface area is 112 Å². The van der Waals surface area contributed by atoms with Gasteiger partial charge in [0.15, 0.2) is 0 Å². The quantitative estimate of drug-likeness (QED) is 0.836. The Morgan fingerprint density at radius 2 is 1.95 bits per heavy atom. The van der Waals surface area contributed by atoms with Crippen LogP contribution in [0.2, 0.25) is 0 Å². The molecular formula is C14H20F3NO. The third-order valence-electron chi connectivity index (χ3n) is 3.09. The number of hydrogen-bond acceptors (Lipinski definition) is 2. The van der Waals surface area contributed by atoms with Crippen LogP contribution in [0.5, 0.6) is 5.75 Å². The van der Waals surface area contributed by atoms with E-state index in [0.29, 0.717) is 5.92 Å². The van der Waals surface area contributed by atoms with Crippen molar-refractivity contribution in [3.63, 3.8) is 0 Å². The number of hydrogen-bond donors (Lipinski definition) is 1. The van der Waals surface area contributed by atoms with Crippen LogP contribution < -0.4 is 10.1 Å². The average molecular weight is 275 g/mol. The van der Waals surface area contributed by atoms with Crippen LogP contribution >= 0.6 is 0 Å². The van der Waals surface area contributed by atoms with Gasteiger partial charge in [-0.1, -0.05) is 39.3 Å². The van der Waals surface area contributed by atoms with Crippen molar-refractivity contribution in [3.05, 3.63) is 29.8 Å². The first-order valence-electron chi connectivity index (χ1n) is 6.46. The maximum Gasteiger partial charge on any atom is 0.573 e. The van der Waals surface area contributed by atoms with Gasteiger partial charge in [0.05, 0.1) is 0 Å². The lowest BCUT2D eigenvalue weighted by atomic mass is 9.92. The van der Waals surface area contributed by atoms with Crippen molar-refractivity contribution in [2.75, 3.05) is 6.54 Å². The first kappa shape index (κ1) is 15.8. The molecule has 0 amide bonds. The summed E-state index contributed by atoms with van der Waals surface area (Å²) in [5.74, 6) is 0.164. The van der Waals surface area contributed by atoms with Crippen molar-refractivity contribution in [1.29, 1.82) is 0 Å². The number of nitrogens with one attached hydrogen (secondary N) is 1. The lowest BCUT2D eigenvalue weighted by molar-refractivity contribution is -0.274. The van der Waals surface area contributed by atoms with Gasteiger partial charge in [-0.3, -0.25) is 0 Å². The molecule has 1 aromatic rings. The predicted molar refractivity (Wildman–Crippen MR) is 69.0 cm³/mol. The lowest BCUT2D eigenvalue weighted by Gasteiger charge is -2.24. The Morgan fingerprint density at radius 3 is 2.47 bits per heavy atom. The van der Waals surface area contributed by atoms with Gasteiger partial charge in [-0.15, -0.1) is 13.2 Å². The minimum Gasteiger partial charge on any atom is -0.406 e. The molecule has 0 spiro atoms. The molecule has 1 rings (SSSR count). The highest BCUT2D eigenvalue weighted by atomic mass is 19.4. The number of alkyl halides is 3. The Kier molecular flexibility index (Phi) is 5.66. The molecule has 108 valence electrons. The fourth-order valence-electron chi connectivity index (χ4n) is 2.01. The lowest BCUT2D eigenvalue weighted by Crippen LogP contribution is -2.26. The van der Waals surface area contributed by atoms with Gasteiger partial charge in [-0.05, 0) is 30.2 Å². The minimum absolute atomic E-state index is 0.0341. The van der Waals surface area contributed by atoms with Crippen LogP contribution in [-0.4, -0.2) is 12.9 Å². The highest BCUT2D eigenvalue weighted by Crippen LogP contribution is 2.29. The number of ether oxygens (including phenoxy) is 1. The molecule has 1 N–H and O–H groups in total. The molecule has 0 aliphatic heterocycles. The van der Waals surface area contributed by atoms with Crippen molar-refractivity contribution in [2.24, 2.45) is 5.92 Å². The van der Waals surface area contributed by atoms with Crippen molar-refractivity contribution in [3.8, 4) is 5.75 Å². The van der Waals surface area contributed by atoms with E-state index >= 15 is 0 Å². The fraction of sp³-hybridized carbons (Fsp3) is 0.571. The fourth-order valence-corrected chi connectivity index (χ4v) is 2.01. The van der Waals surface area contributed by atoms with Gasteiger partial charge >= 0.3 is 6.36 Å². The smallest absolute Gasteiger partial charge is 0.406 e. The van der Waals surface area contributed by atoms with E-state index in [4.69, 9.17) is 0 Å². The summed E-state index contributed by atoms with van der Waals surface area (Å²) >= 11 is 0. The SMILES string of the molecule is CCNC(c1cccc(OC(F)(F)F)c1)C(C)CC. The van der Waals surface area contributed by atoms with Crippen LogP contribution in [0, 0.1) is 5.92 Å². The minimum atomic E-state index is -4.65. The Morgan fingerprint density at radius 1 is 1.26 bits per heavy atom. The molecule has 0 aliphatic carbocycles. The standard InChI is InChI=1S/C14H20F3NO/c1-4-10(3)13(18-5-2)11-7-6-8-12(9-11)19-14(15,16)17/h6-10,13,18H,4-5H2,1-3H3. The van der Waals surface area contributed by atoms with Crippen LogP contribution in [0.3, 0.4) is 0 Å². The van der Waals surface area contributed by atoms with Gasteiger partial charge in [0.1, 0.15) is 5.75 Å². The van der Waals surface area contributed by atoms with Gasteiger partial charge in [-0.25, -0.2) is 0 Å². The van der Waals surface area contributed by atoms with Gasteiger partial charge in [0.2, 0.25) is 0 Å². The van der Waals surface area contributed by atoms with Crippen molar-refractivity contribution < 1.29 is 17.9 Å². The third-order valence-corrected chi connectivity index (χ3v) is 3.09. The van der Waals surface area contributed by atoms with E-state index in [1.165, 1.54) is 12.1 Å². The van der Waals surface area contributed by atoms with Crippen LogP contribution in [0.25, 0.3) is 0 Å². The number of benzene rings is 1. The molecule has 0 aliphatic rings. The molecule has 5 heteroatoms. The average Bonchev–Trinajstić information content (AvgIpc) is 2.33. The summed E-state index contributed by atoms with van der Waals surface area (Å²) in [7, 11) is 0. The number of rotatable bonds is 6. The monoisotopic (exact) mass is 275 g/mol. The second-order valence-electron chi connectivity index (χ2n) is 4.54. The van der Waals surface area contributed by atoms with Crippen LogP contribution in [0.4, 0.5) is 13.2 Å². The van der Waals surface area contributed by atoms with Gasteiger partial charge < -0.3 is 10.1 Å². The first-order chi connectivity index (χ1) is 8.87. The van der Waals surface area contributed by atoms with Gasteiger partial charge in [0.25, 0.3) is 0 Å². The zero-order chi connectivity index (χ0) is 14.5. The van der Waals surface area contributed by atoms with Crippen molar-refractivity contribution >= 4 is 0 Å². The first-order valence-corrected chi connectivity index (χ1v) is 6.46. The molecule has 2 unspecified atom stereocenters. The summed E-state index contributed by atoms with van der Waals surface area (Å²) in [6.07, 6.45) is -3.70. The third kappa shape index (κ3) is 5.11. The highest BCUT2D eigenvalue weighted by Gasteiger charge is 2.31. The Bertz CT molecular complexity index is 393. The molecule has 0 radical (unpaired) electrons. The molecule has 0 aromatic heterocycles. The summed E-state index contributed by atoms with van der Waals surface area (Å²) < 4.78 is 40.6. The molecule has 19 heavy (non-hydrogen) atoms. The van der Waals surface area contributed by atoms with E-state index in [9.17, 15) is 13.2 Å². The van der Waals surface area contributed by atoms with E-state index in [1.54, 1.807) is 6.07 Å². The summed E-state index contributed by atoms with van der Waals surface area (Å²) in [6, 6.07) is 6.21. The molecule has 0 heterocycles. The Hall–Kier alpha value is -1.23. The van der Waals surface area contributed by atoms with Crippen LogP contribution in [-0.2, 0) is 0 Å². The van der Waals surface area contributed by atoms with E-state index < -0.39 is 6.36 Å². The van der Waals surface area contributed by atoms with Crippen LogP contribution in [0.15, 0.2) is 24.3 Å².